The van der Waals surface area contributed by atoms with Gasteiger partial charge in [0.25, 0.3) is 5.91 Å². The van der Waals surface area contributed by atoms with Gasteiger partial charge in [0.2, 0.25) is 0 Å². The predicted octanol–water partition coefficient (Wildman–Crippen LogP) is 2.12. The second kappa shape index (κ2) is 9.41. The molecule has 1 amide bonds. The molecular formula is C13H23N3O2. The second-order valence-electron chi connectivity index (χ2n) is 3.79. The standard InChI is InChI=1S/C8H16N2O.C5H7NO/c1-5-7-10(9(3)4)8(11)6-2;1-2-5-6-3-4-7-5/h6H,2,5,7H2,1,3-4H3;3-4H,2H2,1H3. The quantitative estimate of drug-likeness (QED) is 0.596. The number of amides is 1. The maximum Gasteiger partial charge on any atom is 0.260 e. The Balaban J connectivity index is 0.000000351. The smallest absolute Gasteiger partial charge is 0.260 e. The van der Waals surface area contributed by atoms with Gasteiger partial charge in [-0.15, -0.1) is 0 Å². The van der Waals surface area contributed by atoms with Gasteiger partial charge in [-0.2, -0.15) is 0 Å². The van der Waals surface area contributed by atoms with Gasteiger partial charge in [-0.25, -0.2) is 9.99 Å². The topological polar surface area (TPSA) is 49.6 Å². The van der Waals surface area contributed by atoms with E-state index in [0.717, 1.165) is 25.3 Å². The highest BCUT2D eigenvalue weighted by molar-refractivity contribution is 5.86. The molecule has 0 fully saturated rings. The van der Waals surface area contributed by atoms with Gasteiger partial charge in [-0.05, 0) is 12.5 Å². The number of rotatable bonds is 5. The third-order valence-electron chi connectivity index (χ3n) is 2.13. The van der Waals surface area contributed by atoms with E-state index in [-0.39, 0.29) is 5.91 Å². The van der Waals surface area contributed by atoms with Gasteiger partial charge in [-0.1, -0.05) is 20.4 Å². The summed E-state index contributed by atoms with van der Waals surface area (Å²) in [5.74, 6) is 0.761. The summed E-state index contributed by atoms with van der Waals surface area (Å²) in [5.41, 5.74) is 0. The molecular weight excluding hydrogens is 230 g/mol. The predicted molar refractivity (Wildman–Crippen MR) is 71.8 cm³/mol. The third-order valence-corrected chi connectivity index (χ3v) is 2.13. The molecule has 0 N–H and O–H groups in total. The van der Waals surface area contributed by atoms with Crippen molar-refractivity contribution in [2.45, 2.75) is 26.7 Å². The lowest BCUT2D eigenvalue weighted by atomic mass is 10.4. The van der Waals surface area contributed by atoms with E-state index in [1.807, 2.05) is 27.9 Å². The van der Waals surface area contributed by atoms with Crippen molar-refractivity contribution in [1.29, 1.82) is 0 Å². The normalized spacial score (nSPS) is 9.61. The number of hydrogen-bond donors (Lipinski definition) is 0. The molecule has 1 aromatic rings. The van der Waals surface area contributed by atoms with E-state index in [1.165, 1.54) is 6.08 Å². The summed E-state index contributed by atoms with van der Waals surface area (Å²) in [5, 5.41) is 3.42. The fraction of sp³-hybridized carbons (Fsp3) is 0.538. The van der Waals surface area contributed by atoms with Gasteiger partial charge >= 0.3 is 0 Å². The van der Waals surface area contributed by atoms with E-state index in [1.54, 1.807) is 22.5 Å². The van der Waals surface area contributed by atoms with Crippen LogP contribution in [0.15, 0.2) is 29.5 Å². The maximum atomic E-state index is 11.1. The molecule has 0 spiro atoms. The number of oxazole rings is 1. The first kappa shape index (κ1) is 16.4. The summed E-state index contributed by atoms with van der Waals surface area (Å²) in [6, 6.07) is 0. The van der Waals surface area contributed by atoms with E-state index < -0.39 is 0 Å². The van der Waals surface area contributed by atoms with Crippen molar-refractivity contribution in [2.24, 2.45) is 0 Å². The zero-order valence-electron chi connectivity index (χ0n) is 11.7. The highest BCUT2D eigenvalue weighted by Crippen LogP contribution is 1.95. The molecule has 5 heteroatoms. The number of nitrogens with zero attached hydrogens (tertiary/aromatic N) is 3. The fourth-order valence-electron chi connectivity index (χ4n) is 1.25. The minimum absolute atomic E-state index is 0.0446. The summed E-state index contributed by atoms with van der Waals surface area (Å²) < 4.78 is 4.87. The molecule has 0 saturated carbocycles. The Kier molecular flexibility index (Phi) is 8.57. The van der Waals surface area contributed by atoms with E-state index >= 15 is 0 Å². The van der Waals surface area contributed by atoms with Gasteiger partial charge in [0.15, 0.2) is 5.89 Å². The lowest BCUT2D eigenvalue weighted by Gasteiger charge is -2.27. The molecule has 1 rings (SSSR count). The molecule has 5 nitrogen and oxygen atoms in total. The van der Waals surface area contributed by atoms with Gasteiger partial charge in [0, 0.05) is 27.1 Å². The number of hydrazine groups is 1. The van der Waals surface area contributed by atoms with Crippen molar-refractivity contribution in [2.75, 3.05) is 20.6 Å². The third kappa shape index (κ3) is 6.20. The Bertz CT molecular complexity index is 334. The number of carbonyl (C=O) groups is 1. The Morgan fingerprint density at radius 3 is 2.44 bits per heavy atom. The number of hydrogen-bond acceptors (Lipinski definition) is 4. The second-order valence-corrected chi connectivity index (χ2v) is 3.79. The molecule has 0 aliphatic heterocycles. The van der Waals surface area contributed by atoms with Crippen LogP contribution in [0, 0.1) is 0 Å². The number of aromatic nitrogens is 1. The van der Waals surface area contributed by atoms with Crippen LogP contribution in [0.4, 0.5) is 0 Å². The monoisotopic (exact) mass is 253 g/mol. The largest absolute Gasteiger partial charge is 0.449 e. The van der Waals surface area contributed by atoms with Crippen LogP contribution in [0.1, 0.15) is 26.2 Å². The molecule has 0 radical (unpaired) electrons. The van der Waals surface area contributed by atoms with Crippen LogP contribution < -0.4 is 0 Å². The minimum Gasteiger partial charge on any atom is -0.449 e. The molecule has 0 aliphatic carbocycles. The summed E-state index contributed by atoms with van der Waals surface area (Å²) >= 11 is 0. The highest BCUT2D eigenvalue weighted by Gasteiger charge is 2.09. The van der Waals surface area contributed by atoms with Crippen LogP contribution in [-0.2, 0) is 11.2 Å². The Hall–Kier alpha value is -1.62. The Morgan fingerprint density at radius 1 is 1.50 bits per heavy atom. The first-order valence-corrected chi connectivity index (χ1v) is 6.06. The average molecular weight is 253 g/mol. The van der Waals surface area contributed by atoms with E-state index in [0.29, 0.717) is 0 Å². The first-order chi connectivity index (χ1) is 8.56. The van der Waals surface area contributed by atoms with Crippen LogP contribution in [0.5, 0.6) is 0 Å². The summed E-state index contributed by atoms with van der Waals surface area (Å²) in [6.07, 6.45) is 6.40. The van der Waals surface area contributed by atoms with Crippen LogP contribution in [0.2, 0.25) is 0 Å². The lowest BCUT2D eigenvalue weighted by molar-refractivity contribution is -0.138. The van der Waals surface area contributed by atoms with E-state index in [2.05, 4.69) is 11.6 Å². The molecule has 18 heavy (non-hydrogen) atoms. The number of carbonyl (C=O) groups excluding carboxylic acids is 1. The average Bonchev–Trinajstić information content (AvgIpc) is 2.88. The van der Waals surface area contributed by atoms with E-state index in [9.17, 15) is 4.79 Å². The Labute approximate surface area is 109 Å². The molecule has 0 saturated heterocycles. The van der Waals surface area contributed by atoms with Crippen LogP contribution >= 0.6 is 0 Å². The van der Waals surface area contributed by atoms with Gasteiger partial charge in [0.05, 0.1) is 6.20 Å². The lowest BCUT2D eigenvalue weighted by Crippen LogP contribution is -2.41. The summed E-state index contributed by atoms with van der Waals surface area (Å²) in [7, 11) is 3.69. The molecule has 0 bridgehead atoms. The molecule has 0 aliphatic rings. The molecule has 0 unspecified atom stereocenters. The molecule has 0 atom stereocenters. The van der Waals surface area contributed by atoms with Gasteiger partial charge in [-0.3, -0.25) is 9.80 Å². The molecule has 1 aromatic heterocycles. The molecule has 102 valence electrons. The van der Waals surface area contributed by atoms with Crippen molar-refractivity contribution >= 4 is 5.91 Å². The van der Waals surface area contributed by atoms with Gasteiger partial charge < -0.3 is 4.42 Å². The van der Waals surface area contributed by atoms with Crippen molar-refractivity contribution < 1.29 is 9.21 Å². The van der Waals surface area contributed by atoms with Crippen molar-refractivity contribution in [1.82, 2.24) is 15.0 Å². The minimum atomic E-state index is -0.0446. The van der Waals surface area contributed by atoms with Crippen LogP contribution in [0.3, 0.4) is 0 Å². The van der Waals surface area contributed by atoms with Gasteiger partial charge in [0.1, 0.15) is 6.26 Å². The Morgan fingerprint density at radius 2 is 2.17 bits per heavy atom. The molecule has 1 heterocycles. The van der Waals surface area contributed by atoms with Crippen molar-refractivity contribution in [3.63, 3.8) is 0 Å². The fourth-order valence-corrected chi connectivity index (χ4v) is 1.25. The SMILES string of the molecule is C=CC(=O)N(CCC)N(C)C.CCc1ncco1. The first-order valence-electron chi connectivity index (χ1n) is 6.06. The van der Waals surface area contributed by atoms with Crippen LogP contribution in [0.25, 0.3) is 0 Å². The molecule has 0 aromatic carbocycles. The summed E-state index contributed by atoms with van der Waals surface area (Å²) in [6.45, 7) is 8.22. The maximum absolute atomic E-state index is 11.1. The van der Waals surface area contributed by atoms with Crippen molar-refractivity contribution in [3.05, 3.63) is 31.0 Å². The zero-order chi connectivity index (χ0) is 14.0. The zero-order valence-corrected chi connectivity index (χ0v) is 11.7. The van der Waals surface area contributed by atoms with Crippen molar-refractivity contribution in [3.8, 4) is 0 Å². The summed E-state index contributed by atoms with van der Waals surface area (Å²) in [4.78, 5) is 15.0. The number of aryl methyl sites for hydroxylation is 1. The van der Waals surface area contributed by atoms with Crippen LogP contribution in [-0.4, -0.2) is 41.5 Å². The van der Waals surface area contributed by atoms with E-state index in [4.69, 9.17) is 4.42 Å². The highest BCUT2D eigenvalue weighted by atomic mass is 16.3.